The summed E-state index contributed by atoms with van der Waals surface area (Å²) >= 11 is 0. The van der Waals surface area contributed by atoms with Gasteiger partial charge in [0.2, 0.25) is 0 Å². The number of methoxy groups -OCH3 is 2. The zero-order valence-electron chi connectivity index (χ0n) is 17.4. The number of nitrogens with zero attached hydrogens (tertiary/aromatic N) is 1. The van der Waals surface area contributed by atoms with Crippen LogP contribution >= 0.6 is 0 Å². The maximum Gasteiger partial charge on any atom is 0.416 e. The molecule has 2 rings (SSSR count). The standard InChI is InChI=1S/C21H25F3N2O5/c1-26(20(28)25-11-14-4-9-18(29-2)19(10-14)30-3)12-16(27)13-31-17-7-5-15(6-8-17)21(22,23)24/h4-10,16,27H,11-13H2,1-3H3,(H,25,28)/t16-/m1/s1. The predicted molar refractivity (Wildman–Crippen MR) is 107 cm³/mol. The van der Waals surface area contributed by atoms with Crippen molar-refractivity contribution in [2.24, 2.45) is 0 Å². The van der Waals surface area contributed by atoms with Crippen LogP contribution in [0.2, 0.25) is 0 Å². The van der Waals surface area contributed by atoms with E-state index in [4.69, 9.17) is 14.2 Å². The van der Waals surface area contributed by atoms with Gasteiger partial charge in [-0.3, -0.25) is 0 Å². The van der Waals surface area contributed by atoms with Gasteiger partial charge in [-0.05, 0) is 42.0 Å². The molecule has 10 heteroatoms. The van der Waals surface area contributed by atoms with E-state index in [1.54, 1.807) is 18.2 Å². The lowest BCUT2D eigenvalue weighted by atomic mass is 10.2. The van der Waals surface area contributed by atoms with E-state index in [-0.39, 0.29) is 25.4 Å². The lowest BCUT2D eigenvalue weighted by Gasteiger charge is -2.21. The Balaban J connectivity index is 1.79. The third kappa shape index (κ3) is 7.25. The van der Waals surface area contributed by atoms with Crippen LogP contribution in [-0.2, 0) is 12.7 Å². The van der Waals surface area contributed by atoms with Gasteiger partial charge in [-0.2, -0.15) is 13.2 Å². The van der Waals surface area contributed by atoms with E-state index in [0.717, 1.165) is 17.7 Å². The second-order valence-corrected chi connectivity index (χ2v) is 6.72. The Labute approximate surface area is 178 Å². The van der Waals surface area contributed by atoms with Crippen LogP contribution in [-0.4, -0.2) is 56.6 Å². The molecule has 1 atom stereocenters. The second kappa shape index (κ2) is 10.8. The van der Waals surface area contributed by atoms with Crippen molar-refractivity contribution in [3.8, 4) is 17.2 Å². The molecule has 2 N–H and O–H groups in total. The number of urea groups is 1. The van der Waals surface area contributed by atoms with Crippen LogP contribution in [0, 0.1) is 0 Å². The molecule has 2 amide bonds. The number of hydrogen-bond donors (Lipinski definition) is 2. The van der Waals surface area contributed by atoms with Gasteiger partial charge in [0.15, 0.2) is 11.5 Å². The Hall–Kier alpha value is -3.14. The Morgan fingerprint density at radius 3 is 2.32 bits per heavy atom. The summed E-state index contributed by atoms with van der Waals surface area (Å²) in [5.41, 5.74) is 0.0110. The summed E-state index contributed by atoms with van der Waals surface area (Å²) in [5, 5.41) is 12.8. The van der Waals surface area contributed by atoms with Gasteiger partial charge in [0.1, 0.15) is 18.5 Å². The van der Waals surface area contributed by atoms with Gasteiger partial charge in [-0.1, -0.05) is 6.07 Å². The molecule has 0 saturated carbocycles. The predicted octanol–water partition coefficient (Wildman–Crippen LogP) is 3.30. The minimum Gasteiger partial charge on any atom is -0.493 e. The number of ether oxygens (including phenoxy) is 3. The smallest absolute Gasteiger partial charge is 0.416 e. The summed E-state index contributed by atoms with van der Waals surface area (Å²) < 4.78 is 53.4. The van der Waals surface area contributed by atoms with Gasteiger partial charge in [-0.25, -0.2) is 4.79 Å². The lowest BCUT2D eigenvalue weighted by molar-refractivity contribution is -0.137. The summed E-state index contributed by atoms with van der Waals surface area (Å²) in [6.07, 6.45) is -5.45. The highest BCUT2D eigenvalue weighted by molar-refractivity contribution is 5.73. The number of aliphatic hydroxyl groups excluding tert-OH is 1. The van der Waals surface area contributed by atoms with Crippen LogP contribution in [0.4, 0.5) is 18.0 Å². The van der Waals surface area contributed by atoms with Gasteiger partial charge in [-0.15, -0.1) is 0 Å². The Morgan fingerprint density at radius 1 is 1.10 bits per heavy atom. The van der Waals surface area contributed by atoms with E-state index in [1.807, 2.05) is 0 Å². The van der Waals surface area contributed by atoms with Gasteiger partial charge >= 0.3 is 12.2 Å². The van der Waals surface area contributed by atoms with Crippen molar-refractivity contribution in [1.29, 1.82) is 0 Å². The largest absolute Gasteiger partial charge is 0.493 e. The molecule has 2 aromatic rings. The van der Waals surface area contributed by atoms with Crippen molar-refractivity contribution in [2.75, 3.05) is 34.4 Å². The highest BCUT2D eigenvalue weighted by atomic mass is 19.4. The molecular formula is C21H25F3N2O5. The fourth-order valence-corrected chi connectivity index (χ4v) is 2.69. The van der Waals surface area contributed by atoms with E-state index in [0.29, 0.717) is 11.5 Å². The number of rotatable bonds is 9. The zero-order valence-corrected chi connectivity index (χ0v) is 17.4. The van der Waals surface area contributed by atoms with Gasteiger partial charge in [0.25, 0.3) is 0 Å². The van der Waals surface area contributed by atoms with Crippen LogP contribution in [0.25, 0.3) is 0 Å². The van der Waals surface area contributed by atoms with Crippen molar-refractivity contribution in [3.63, 3.8) is 0 Å². The van der Waals surface area contributed by atoms with Crippen molar-refractivity contribution in [1.82, 2.24) is 10.2 Å². The summed E-state index contributed by atoms with van der Waals surface area (Å²) in [5.74, 6) is 1.30. The molecule has 31 heavy (non-hydrogen) atoms. The van der Waals surface area contributed by atoms with Crippen molar-refractivity contribution < 1.29 is 37.3 Å². The molecule has 0 saturated heterocycles. The third-order valence-corrected chi connectivity index (χ3v) is 4.35. The fraction of sp³-hybridized carbons (Fsp3) is 0.381. The Morgan fingerprint density at radius 2 is 1.74 bits per heavy atom. The van der Waals surface area contributed by atoms with E-state index in [2.05, 4.69) is 5.32 Å². The first-order chi connectivity index (χ1) is 14.6. The number of benzene rings is 2. The summed E-state index contributed by atoms with van der Waals surface area (Å²) in [7, 11) is 4.55. The molecule has 7 nitrogen and oxygen atoms in total. The minimum atomic E-state index is -4.43. The number of amides is 2. The molecule has 0 aliphatic rings. The number of aliphatic hydroxyl groups is 1. The first kappa shape index (κ1) is 24.1. The molecule has 0 aliphatic heterocycles. The van der Waals surface area contributed by atoms with Crippen molar-refractivity contribution in [3.05, 3.63) is 53.6 Å². The number of nitrogens with one attached hydrogen (secondary N) is 1. The van der Waals surface area contributed by atoms with Crippen LogP contribution < -0.4 is 19.5 Å². The van der Waals surface area contributed by atoms with E-state index >= 15 is 0 Å². The molecule has 0 spiro atoms. The fourth-order valence-electron chi connectivity index (χ4n) is 2.69. The number of carbonyl (C=O) groups excluding carboxylic acids is 1. The molecule has 0 bridgehead atoms. The van der Waals surface area contributed by atoms with Crippen LogP contribution in [0.3, 0.4) is 0 Å². The average molecular weight is 442 g/mol. The van der Waals surface area contributed by atoms with Crippen molar-refractivity contribution in [2.45, 2.75) is 18.8 Å². The van der Waals surface area contributed by atoms with Crippen LogP contribution in [0.5, 0.6) is 17.2 Å². The Kier molecular flexibility index (Phi) is 8.38. The average Bonchev–Trinajstić information content (AvgIpc) is 2.75. The second-order valence-electron chi connectivity index (χ2n) is 6.72. The summed E-state index contributed by atoms with van der Waals surface area (Å²) in [6, 6.07) is 8.99. The molecule has 0 aromatic heterocycles. The highest BCUT2D eigenvalue weighted by Crippen LogP contribution is 2.30. The van der Waals surface area contributed by atoms with Crippen LogP contribution in [0.1, 0.15) is 11.1 Å². The molecule has 0 fully saturated rings. The Bertz CT molecular complexity index is 859. The lowest BCUT2D eigenvalue weighted by Crippen LogP contribution is -2.42. The van der Waals surface area contributed by atoms with E-state index < -0.39 is 23.9 Å². The zero-order chi connectivity index (χ0) is 23.0. The number of alkyl halides is 3. The SMILES string of the molecule is COc1ccc(CNC(=O)N(C)C[C@@H](O)COc2ccc(C(F)(F)F)cc2)cc1OC. The summed E-state index contributed by atoms with van der Waals surface area (Å²) in [4.78, 5) is 13.5. The number of halogens is 3. The van der Waals surface area contributed by atoms with E-state index in [1.165, 1.54) is 38.3 Å². The first-order valence-corrected chi connectivity index (χ1v) is 9.32. The number of likely N-dealkylation sites (N-methyl/N-ethyl adjacent to an activating group) is 1. The number of carbonyl (C=O) groups is 1. The molecule has 0 aliphatic carbocycles. The van der Waals surface area contributed by atoms with Gasteiger partial charge in [0, 0.05) is 13.6 Å². The molecule has 0 heterocycles. The molecule has 2 aromatic carbocycles. The summed E-state index contributed by atoms with van der Waals surface area (Å²) in [6.45, 7) is 0.0265. The molecule has 0 unspecified atom stereocenters. The molecule has 0 radical (unpaired) electrons. The quantitative estimate of drug-likeness (QED) is 0.623. The topological polar surface area (TPSA) is 80.3 Å². The van der Waals surface area contributed by atoms with Crippen molar-refractivity contribution >= 4 is 6.03 Å². The minimum absolute atomic E-state index is 0.0294. The van der Waals surface area contributed by atoms with E-state index in [9.17, 15) is 23.1 Å². The molecule has 170 valence electrons. The monoisotopic (exact) mass is 442 g/mol. The normalized spacial score (nSPS) is 12.1. The number of hydrogen-bond acceptors (Lipinski definition) is 5. The highest BCUT2D eigenvalue weighted by Gasteiger charge is 2.30. The first-order valence-electron chi connectivity index (χ1n) is 9.32. The van der Waals surface area contributed by atoms with Crippen LogP contribution in [0.15, 0.2) is 42.5 Å². The maximum absolute atomic E-state index is 12.6. The maximum atomic E-state index is 12.6. The molecular weight excluding hydrogens is 417 g/mol. The third-order valence-electron chi connectivity index (χ3n) is 4.35. The van der Waals surface area contributed by atoms with Gasteiger partial charge < -0.3 is 29.5 Å². The van der Waals surface area contributed by atoms with Gasteiger partial charge in [0.05, 0.1) is 26.3 Å².